The average molecular weight is 370 g/mol. The van der Waals surface area contributed by atoms with Crippen molar-refractivity contribution in [3.8, 4) is 0 Å². The number of hydrogen-bond acceptors (Lipinski definition) is 4. The van der Waals surface area contributed by atoms with Gasteiger partial charge in [0, 0.05) is 17.5 Å². The SMILES string of the molecule is C=CCS[C@@H]1C[C@@H](c2ccc(C)cc2)N(S(C)(=O)=O)C[C@H]1C(=O)O. The highest BCUT2D eigenvalue weighted by Crippen LogP contribution is 2.40. The van der Waals surface area contributed by atoms with Crippen LogP contribution in [0, 0.1) is 12.8 Å². The lowest BCUT2D eigenvalue weighted by molar-refractivity contribution is -0.143. The average Bonchev–Trinajstić information content (AvgIpc) is 2.51. The number of carboxylic acid groups (broad SMARTS) is 1. The summed E-state index contributed by atoms with van der Waals surface area (Å²) < 4.78 is 25.8. The van der Waals surface area contributed by atoms with Crippen LogP contribution in [0.2, 0.25) is 0 Å². The second-order valence-electron chi connectivity index (χ2n) is 6.10. The highest BCUT2D eigenvalue weighted by Gasteiger charge is 2.43. The fourth-order valence-corrected chi connectivity index (χ4v) is 5.25. The fraction of sp³-hybridized carbons (Fsp3) is 0.471. The van der Waals surface area contributed by atoms with Crippen molar-refractivity contribution in [1.29, 1.82) is 0 Å². The molecule has 1 N–H and O–H groups in total. The van der Waals surface area contributed by atoms with Gasteiger partial charge in [-0.05, 0) is 18.9 Å². The van der Waals surface area contributed by atoms with Crippen molar-refractivity contribution in [2.24, 2.45) is 5.92 Å². The van der Waals surface area contributed by atoms with Gasteiger partial charge in [-0.15, -0.1) is 6.58 Å². The molecule has 0 spiro atoms. The van der Waals surface area contributed by atoms with E-state index >= 15 is 0 Å². The van der Waals surface area contributed by atoms with Gasteiger partial charge in [-0.1, -0.05) is 35.9 Å². The third kappa shape index (κ3) is 4.40. The van der Waals surface area contributed by atoms with Gasteiger partial charge in [0.25, 0.3) is 0 Å². The molecule has 24 heavy (non-hydrogen) atoms. The zero-order valence-electron chi connectivity index (χ0n) is 13.9. The molecule has 132 valence electrons. The first-order chi connectivity index (χ1) is 11.2. The lowest BCUT2D eigenvalue weighted by atomic mass is 9.90. The van der Waals surface area contributed by atoms with Crippen LogP contribution in [0.5, 0.6) is 0 Å². The van der Waals surface area contributed by atoms with E-state index in [1.807, 2.05) is 31.2 Å². The Kier molecular flexibility index (Phi) is 6.11. The lowest BCUT2D eigenvalue weighted by Gasteiger charge is -2.41. The van der Waals surface area contributed by atoms with Crippen molar-refractivity contribution < 1.29 is 18.3 Å². The minimum absolute atomic E-state index is 0.00151. The molecule has 0 aromatic heterocycles. The first-order valence-corrected chi connectivity index (χ1v) is 10.6. The summed E-state index contributed by atoms with van der Waals surface area (Å²) in [7, 11) is -3.50. The molecule has 0 saturated carbocycles. The van der Waals surface area contributed by atoms with Crippen molar-refractivity contribution in [2.75, 3.05) is 18.6 Å². The molecule has 1 heterocycles. The predicted octanol–water partition coefficient (Wildman–Crippen LogP) is 2.69. The molecule has 0 amide bonds. The third-order valence-electron chi connectivity index (χ3n) is 4.26. The molecule has 0 radical (unpaired) electrons. The molecule has 1 aromatic carbocycles. The van der Waals surface area contributed by atoms with Crippen LogP contribution in [-0.4, -0.2) is 47.6 Å². The van der Waals surface area contributed by atoms with Gasteiger partial charge in [-0.25, -0.2) is 8.42 Å². The van der Waals surface area contributed by atoms with Crippen LogP contribution in [0.4, 0.5) is 0 Å². The van der Waals surface area contributed by atoms with Crippen molar-refractivity contribution in [3.63, 3.8) is 0 Å². The van der Waals surface area contributed by atoms with E-state index in [0.717, 1.165) is 17.4 Å². The van der Waals surface area contributed by atoms with E-state index in [0.29, 0.717) is 12.2 Å². The Bertz CT molecular complexity index is 700. The van der Waals surface area contributed by atoms with Crippen LogP contribution < -0.4 is 0 Å². The number of piperidine rings is 1. The van der Waals surface area contributed by atoms with Gasteiger partial charge >= 0.3 is 5.97 Å². The first-order valence-electron chi connectivity index (χ1n) is 7.72. The molecule has 2 rings (SSSR count). The zero-order chi connectivity index (χ0) is 17.9. The van der Waals surface area contributed by atoms with Crippen LogP contribution in [0.3, 0.4) is 0 Å². The van der Waals surface area contributed by atoms with Gasteiger partial charge in [0.1, 0.15) is 0 Å². The summed E-state index contributed by atoms with van der Waals surface area (Å²) in [4.78, 5) is 11.6. The van der Waals surface area contributed by atoms with E-state index in [4.69, 9.17) is 0 Å². The van der Waals surface area contributed by atoms with Crippen LogP contribution in [0.1, 0.15) is 23.6 Å². The molecular weight excluding hydrogens is 346 g/mol. The second-order valence-corrected chi connectivity index (χ2v) is 9.31. The van der Waals surface area contributed by atoms with Crippen molar-refractivity contribution in [1.82, 2.24) is 4.31 Å². The minimum Gasteiger partial charge on any atom is -0.481 e. The highest BCUT2D eigenvalue weighted by molar-refractivity contribution is 8.00. The molecule has 1 fully saturated rings. The molecule has 7 heteroatoms. The Morgan fingerprint density at radius 1 is 1.42 bits per heavy atom. The Hall–Kier alpha value is -1.31. The van der Waals surface area contributed by atoms with Crippen molar-refractivity contribution in [3.05, 3.63) is 48.0 Å². The van der Waals surface area contributed by atoms with E-state index in [1.165, 1.54) is 16.1 Å². The van der Waals surface area contributed by atoms with Crippen molar-refractivity contribution >= 4 is 27.8 Å². The number of thioether (sulfide) groups is 1. The molecule has 1 aliphatic rings. The summed E-state index contributed by atoms with van der Waals surface area (Å²) in [6, 6.07) is 7.41. The minimum atomic E-state index is -3.50. The number of rotatable bonds is 6. The maximum atomic E-state index is 12.2. The van der Waals surface area contributed by atoms with Gasteiger partial charge in [-0.3, -0.25) is 4.79 Å². The number of sulfonamides is 1. The maximum absolute atomic E-state index is 12.2. The van der Waals surface area contributed by atoms with Gasteiger partial charge in [-0.2, -0.15) is 16.1 Å². The van der Waals surface area contributed by atoms with Gasteiger partial charge < -0.3 is 5.11 Å². The normalized spacial score (nSPS) is 25.3. The molecule has 1 aliphatic heterocycles. The van der Waals surface area contributed by atoms with E-state index in [2.05, 4.69) is 6.58 Å². The smallest absolute Gasteiger partial charge is 0.308 e. The molecule has 3 atom stereocenters. The van der Waals surface area contributed by atoms with Crippen LogP contribution >= 0.6 is 11.8 Å². The number of aryl methyl sites for hydroxylation is 1. The van der Waals surface area contributed by atoms with E-state index < -0.39 is 21.9 Å². The zero-order valence-corrected chi connectivity index (χ0v) is 15.5. The Labute approximate surface area is 147 Å². The van der Waals surface area contributed by atoms with Gasteiger partial charge in [0.2, 0.25) is 10.0 Å². The Balaban J connectivity index is 2.39. The number of hydrogen-bond donors (Lipinski definition) is 1. The van der Waals surface area contributed by atoms with Crippen molar-refractivity contribution in [2.45, 2.75) is 24.6 Å². The Morgan fingerprint density at radius 2 is 2.04 bits per heavy atom. The largest absolute Gasteiger partial charge is 0.481 e. The fourth-order valence-electron chi connectivity index (χ4n) is 3.01. The monoisotopic (exact) mass is 369 g/mol. The molecule has 0 bridgehead atoms. The van der Waals surface area contributed by atoms with Crippen LogP contribution in [0.25, 0.3) is 0 Å². The molecule has 5 nitrogen and oxygen atoms in total. The number of aliphatic carboxylic acids is 1. The summed E-state index contributed by atoms with van der Waals surface area (Å²) in [5, 5.41) is 9.38. The van der Waals surface area contributed by atoms with Gasteiger partial charge in [0.05, 0.1) is 18.2 Å². The highest BCUT2D eigenvalue weighted by atomic mass is 32.2. The van der Waals surface area contributed by atoms with Crippen LogP contribution in [-0.2, 0) is 14.8 Å². The molecular formula is C17H23NO4S2. The van der Waals surface area contributed by atoms with E-state index in [1.54, 1.807) is 6.08 Å². The van der Waals surface area contributed by atoms with E-state index in [-0.39, 0.29) is 17.8 Å². The van der Waals surface area contributed by atoms with Crippen LogP contribution in [0.15, 0.2) is 36.9 Å². The maximum Gasteiger partial charge on any atom is 0.308 e. The van der Waals surface area contributed by atoms with E-state index in [9.17, 15) is 18.3 Å². The van der Waals surface area contributed by atoms with Gasteiger partial charge in [0.15, 0.2) is 0 Å². The summed E-state index contributed by atoms with van der Waals surface area (Å²) >= 11 is 1.53. The quantitative estimate of drug-likeness (QED) is 0.781. The molecule has 1 saturated heterocycles. The number of benzene rings is 1. The summed E-state index contributed by atoms with van der Waals surface area (Å²) in [5.74, 6) is -1.02. The molecule has 1 aromatic rings. The standard InChI is InChI=1S/C17H23NO4S2/c1-4-9-23-16-10-15(13-7-5-12(2)6-8-13)18(24(3,21)22)11-14(16)17(19)20/h4-8,14-16H,1,9-11H2,2-3H3,(H,19,20)/t14-,15+,16-/m1/s1. The summed E-state index contributed by atoms with van der Waals surface area (Å²) in [5.41, 5.74) is 2.00. The third-order valence-corrected chi connectivity index (χ3v) is 6.89. The topological polar surface area (TPSA) is 74.7 Å². The predicted molar refractivity (Wildman–Crippen MR) is 97.7 cm³/mol. The Morgan fingerprint density at radius 3 is 2.54 bits per heavy atom. The number of carbonyl (C=O) groups is 1. The second kappa shape index (κ2) is 7.72. The molecule has 0 unspecified atom stereocenters. The summed E-state index contributed by atoms with van der Waals surface area (Å²) in [6.07, 6.45) is 3.36. The summed E-state index contributed by atoms with van der Waals surface area (Å²) in [6.45, 7) is 5.66. The number of nitrogens with zero attached hydrogens (tertiary/aromatic N) is 1. The molecule has 0 aliphatic carbocycles. The number of carboxylic acids is 1. The first kappa shape index (κ1) is 19.0. The lowest BCUT2D eigenvalue weighted by Crippen LogP contribution is -2.49.